The second-order valence-corrected chi connectivity index (χ2v) is 6.47. The van der Waals surface area contributed by atoms with E-state index in [-0.39, 0.29) is 35.6 Å². The van der Waals surface area contributed by atoms with E-state index in [9.17, 15) is 13.2 Å². The molecule has 0 heterocycles. The number of rotatable bonds is 7. The number of carbonyl (C=O) groups excluding carboxylic acids is 1. The Morgan fingerprint density at radius 1 is 1.32 bits per heavy atom. The summed E-state index contributed by atoms with van der Waals surface area (Å²) in [4.78, 5) is 11.8. The predicted octanol–water partition coefficient (Wildman–Crippen LogP) is 0.737. The number of benzene rings is 1. The molecule has 2 N–H and O–H groups in total. The molecule has 0 aliphatic rings. The van der Waals surface area contributed by atoms with E-state index in [1.165, 1.54) is 12.1 Å². The lowest BCUT2D eigenvalue weighted by atomic mass is 10.2. The zero-order valence-corrected chi connectivity index (χ0v) is 11.7. The summed E-state index contributed by atoms with van der Waals surface area (Å²) in [5, 5.41) is 11.4. The number of sulfone groups is 1. The molecule has 1 unspecified atom stereocenters. The van der Waals surface area contributed by atoms with Crippen molar-refractivity contribution in [1.29, 1.82) is 0 Å². The third-order valence-electron chi connectivity index (χ3n) is 2.67. The molecule has 106 valence electrons. The van der Waals surface area contributed by atoms with Crippen LogP contribution in [-0.4, -0.2) is 37.8 Å². The van der Waals surface area contributed by atoms with Crippen LogP contribution >= 0.6 is 0 Å². The second kappa shape index (κ2) is 7.25. The van der Waals surface area contributed by atoms with Gasteiger partial charge in [-0.25, -0.2) is 8.42 Å². The van der Waals surface area contributed by atoms with Crippen LogP contribution in [0.15, 0.2) is 35.2 Å². The Balaban J connectivity index is 2.50. The van der Waals surface area contributed by atoms with Crippen molar-refractivity contribution in [2.75, 3.05) is 12.4 Å². The second-order valence-electron chi connectivity index (χ2n) is 4.36. The molecule has 0 bridgehead atoms. The maximum absolute atomic E-state index is 11.9. The van der Waals surface area contributed by atoms with Crippen LogP contribution in [0.5, 0.6) is 0 Å². The van der Waals surface area contributed by atoms with Crippen LogP contribution in [0, 0.1) is 0 Å². The minimum absolute atomic E-state index is 0.0102. The van der Waals surface area contributed by atoms with E-state index >= 15 is 0 Å². The first-order chi connectivity index (χ1) is 8.95. The molecule has 5 nitrogen and oxygen atoms in total. The lowest BCUT2D eigenvalue weighted by Crippen LogP contribution is -2.34. The third kappa shape index (κ3) is 5.40. The fraction of sp³-hybridized carbons (Fsp3) is 0.462. The molecule has 1 atom stereocenters. The molecule has 0 radical (unpaired) electrons. The molecule has 0 aliphatic carbocycles. The minimum Gasteiger partial charge on any atom is -0.396 e. The smallest absolute Gasteiger partial charge is 0.221 e. The Kier molecular flexibility index (Phi) is 5.98. The van der Waals surface area contributed by atoms with Gasteiger partial charge in [0.1, 0.15) is 0 Å². The van der Waals surface area contributed by atoms with Gasteiger partial charge >= 0.3 is 0 Å². The Bertz CT molecular complexity index is 499. The molecule has 0 spiro atoms. The molecule has 1 amide bonds. The van der Waals surface area contributed by atoms with Crippen molar-refractivity contribution in [3.8, 4) is 0 Å². The Hall–Kier alpha value is -1.40. The molecule has 0 saturated carbocycles. The van der Waals surface area contributed by atoms with Crippen LogP contribution < -0.4 is 5.32 Å². The summed E-state index contributed by atoms with van der Waals surface area (Å²) < 4.78 is 23.9. The van der Waals surface area contributed by atoms with Crippen LogP contribution in [0.3, 0.4) is 0 Å². The Morgan fingerprint density at radius 3 is 2.53 bits per heavy atom. The molecule has 0 saturated heterocycles. The predicted molar refractivity (Wildman–Crippen MR) is 72.4 cm³/mol. The molecule has 1 rings (SSSR count). The van der Waals surface area contributed by atoms with Gasteiger partial charge in [-0.1, -0.05) is 18.2 Å². The van der Waals surface area contributed by atoms with Gasteiger partial charge in [-0.15, -0.1) is 0 Å². The van der Waals surface area contributed by atoms with Crippen LogP contribution in [0.2, 0.25) is 0 Å². The number of hydrogen-bond acceptors (Lipinski definition) is 4. The summed E-state index contributed by atoms with van der Waals surface area (Å²) in [5.74, 6) is -0.533. The van der Waals surface area contributed by atoms with E-state index < -0.39 is 9.84 Å². The summed E-state index contributed by atoms with van der Waals surface area (Å²) in [6, 6.07) is 7.91. The molecular weight excluding hydrogens is 266 g/mol. The van der Waals surface area contributed by atoms with E-state index in [2.05, 4.69) is 5.32 Å². The monoisotopic (exact) mass is 285 g/mol. The number of nitrogens with one attached hydrogen (secondary N) is 1. The first kappa shape index (κ1) is 15.7. The molecule has 6 heteroatoms. The summed E-state index contributed by atoms with van der Waals surface area (Å²) in [6.07, 6.45) is 0.379. The van der Waals surface area contributed by atoms with Crippen molar-refractivity contribution in [3.05, 3.63) is 30.3 Å². The van der Waals surface area contributed by atoms with E-state index in [4.69, 9.17) is 5.11 Å². The van der Waals surface area contributed by atoms with Gasteiger partial charge in [0.25, 0.3) is 0 Å². The van der Waals surface area contributed by atoms with E-state index in [1.807, 2.05) is 0 Å². The van der Waals surface area contributed by atoms with E-state index in [0.29, 0.717) is 6.42 Å². The standard InChI is InChI=1S/C13H19NO4S/c1-11(7-9-15)14-13(16)8-10-19(17,18)12-5-3-2-4-6-12/h2-6,11,15H,7-10H2,1H3,(H,14,16). The first-order valence-corrected chi connectivity index (χ1v) is 7.79. The van der Waals surface area contributed by atoms with Crippen molar-refractivity contribution in [2.45, 2.75) is 30.7 Å². The van der Waals surface area contributed by atoms with Crippen molar-refractivity contribution < 1.29 is 18.3 Å². The fourth-order valence-corrected chi connectivity index (χ4v) is 2.85. The number of hydrogen-bond donors (Lipinski definition) is 2. The number of carbonyl (C=O) groups is 1. The van der Waals surface area contributed by atoms with Gasteiger partial charge in [0.2, 0.25) is 5.91 Å². The molecule has 0 aliphatic heterocycles. The maximum Gasteiger partial charge on any atom is 0.221 e. The van der Waals surface area contributed by atoms with Gasteiger partial charge in [-0.3, -0.25) is 4.79 Å². The van der Waals surface area contributed by atoms with Crippen molar-refractivity contribution in [3.63, 3.8) is 0 Å². The average molecular weight is 285 g/mol. The average Bonchev–Trinajstić information content (AvgIpc) is 2.38. The first-order valence-electron chi connectivity index (χ1n) is 6.13. The van der Waals surface area contributed by atoms with Crippen LogP contribution in [0.1, 0.15) is 19.8 Å². The number of aliphatic hydroxyl groups excluding tert-OH is 1. The molecule has 1 aromatic carbocycles. The largest absolute Gasteiger partial charge is 0.396 e. The minimum atomic E-state index is -3.41. The summed E-state index contributed by atoms with van der Waals surface area (Å²) >= 11 is 0. The van der Waals surface area contributed by atoms with Gasteiger partial charge in [0, 0.05) is 19.1 Å². The zero-order chi connectivity index (χ0) is 14.3. The summed E-state index contributed by atoms with van der Waals surface area (Å²) in [6.45, 7) is 1.75. The van der Waals surface area contributed by atoms with Crippen LogP contribution in [0.4, 0.5) is 0 Å². The van der Waals surface area contributed by atoms with Gasteiger partial charge in [0.15, 0.2) is 9.84 Å². The number of aliphatic hydroxyl groups is 1. The topological polar surface area (TPSA) is 83.5 Å². The molecule has 1 aromatic rings. The molecule has 19 heavy (non-hydrogen) atoms. The Labute approximate surface area is 113 Å². The van der Waals surface area contributed by atoms with Gasteiger partial charge in [-0.2, -0.15) is 0 Å². The maximum atomic E-state index is 11.9. The Morgan fingerprint density at radius 2 is 1.95 bits per heavy atom. The molecule has 0 fully saturated rings. The quantitative estimate of drug-likeness (QED) is 0.774. The third-order valence-corrected chi connectivity index (χ3v) is 4.40. The van der Waals surface area contributed by atoms with Gasteiger partial charge in [0.05, 0.1) is 10.6 Å². The SMILES string of the molecule is CC(CCO)NC(=O)CCS(=O)(=O)c1ccccc1. The van der Waals surface area contributed by atoms with E-state index in [1.54, 1.807) is 25.1 Å². The highest BCUT2D eigenvalue weighted by atomic mass is 32.2. The van der Waals surface area contributed by atoms with Crippen molar-refractivity contribution in [2.24, 2.45) is 0 Å². The lowest BCUT2D eigenvalue weighted by Gasteiger charge is -2.12. The lowest BCUT2D eigenvalue weighted by molar-refractivity contribution is -0.121. The number of amides is 1. The van der Waals surface area contributed by atoms with Crippen molar-refractivity contribution >= 4 is 15.7 Å². The van der Waals surface area contributed by atoms with E-state index in [0.717, 1.165) is 0 Å². The molecular formula is C13H19NO4S. The highest BCUT2D eigenvalue weighted by Gasteiger charge is 2.16. The highest BCUT2D eigenvalue weighted by molar-refractivity contribution is 7.91. The van der Waals surface area contributed by atoms with Gasteiger partial charge in [-0.05, 0) is 25.5 Å². The molecule has 0 aromatic heterocycles. The van der Waals surface area contributed by atoms with Crippen LogP contribution in [-0.2, 0) is 14.6 Å². The highest BCUT2D eigenvalue weighted by Crippen LogP contribution is 2.11. The summed E-state index contributed by atoms with van der Waals surface area (Å²) in [7, 11) is -3.41. The zero-order valence-electron chi connectivity index (χ0n) is 10.9. The van der Waals surface area contributed by atoms with Crippen LogP contribution in [0.25, 0.3) is 0 Å². The normalized spacial score (nSPS) is 12.9. The fourth-order valence-electron chi connectivity index (χ4n) is 1.59. The van der Waals surface area contributed by atoms with Gasteiger partial charge < -0.3 is 10.4 Å². The van der Waals surface area contributed by atoms with Crippen molar-refractivity contribution in [1.82, 2.24) is 5.32 Å². The summed E-state index contributed by atoms with van der Waals surface area (Å²) in [5.41, 5.74) is 0.